The van der Waals surface area contributed by atoms with Gasteiger partial charge in [-0.3, -0.25) is 14.6 Å². The van der Waals surface area contributed by atoms with Crippen molar-refractivity contribution in [1.29, 1.82) is 0 Å². The van der Waals surface area contributed by atoms with Gasteiger partial charge in [0.2, 0.25) is 5.96 Å². The lowest BCUT2D eigenvalue weighted by Crippen LogP contribution is -2.55. The number of Topliss-reactive ketones (excluding diaryl/α,β-unsaturated/α-hetero) is 1. The molecule has 3 aromatic rings. The van der Waals surface area contributed by atoms with Crippen molar-refractivity contribution in [3.05, 3.63) is 54.0 Å². The standard InChI is InChI=1S/C27H33N9O3/c1-5-28-27(33(3)19-9-7-6-8-10-19)35-13-11-34(12-14-35)26(38)24(37)20-15-29-23-22(20)21(39-4)16-30-25(23)36-17-31-18(2)32-36/h6-7,9,15-17,29H,5,8,10-14H2,1-4H3. The quantitative estimate of drug-likeness (QED) is 0.222. The van der Waals surface area contributed by atoms with Gasteiger partial charge in [0.1, 0.15) is 17.9 Å². The van der Waals surface area contributed by atoms with E-state index in [2.05, 4.69) is 48.1 Å². The van der Waals surface area contributed by atoms with E-state index in [1.165, 1.54) is 29.9 Å². The molecule has 1 saturated heterocycles. The first kappa shape index (κ1) is 26.1. The normalized spacial score (nSPS) is 16.0. The van der Waals surface area contributed by atoms with Crippen LogP contribution < -0.4 is 4.74 Å². The van der Waals surface area contributed by atoms with Gasteiger partial charge in [-0.25, -0.2) is 14.6 Å². The third-order valence-electron chi connectivity index (χ3n) is 7.01. The SMILES string of the molecule is CCN=C(N1CCN(C(=O)C(=O)c2c[nH]c3c(-n4cnc(C)n4)ncc(OC)c23)CC1)N(C)C1=CC=CCC1. The van der Waals surface area contributed by atoms with Crippen LogP contribution in [0.15, 0.2) is 47.6 Å². The molecule has 0 bridgehead atoms. The van der Waals surface area contributed by atoms with Crippen molar-refractivity contribution in [2.24, 2.45) is 4.99 Å². The van der Waals surface area contributed by atoms with Gasteiger partial charge in [0, 0.05) is 51.7 Å². The fourth-order valence-corrected chi connectivity index (χ4v) is 4.99. The Bertz CT molecular complexity index is 1470. The molecule has 0 unspecified atom stereocenters. The number of carbonyl (C=O) groups is 2. The number of hydrogen-bond donors (Lipinski definition) is 1. The number of aromatic amines is 1. The number of guanidine groups is 1. The summed E-state index contributed by atoms with van der Waals surface area (Å²) < 4.78 is 7.02. The second kappa shape index (κ2) is 11.1. The molecule has 3 aromatic heterocycles. The lowest BCUT2D eigenvalue weighted by Gasteiger charge is -2.39. The summed E-state index contributed by atoms with van der Waals surface area (Å²) in [5.74, 6) is 1.18. The molecule has 12 nitrogen and oxygen atoms in total. The van der Waals surface area contributed by atoms with Gasteiger partial charge in [-0.1, -0.05) is 12.2 Å². The third kappa shape index (κ3) is 5.01. The number of carbonyl (C=O) groups excluding carboxylic acids is 2. The summed E-state index contributed by atoms with van der Waals surface area (Å²) in [5.41, 5.74) is 1.98. The number of aryl methyl sites for hydroxylation is 1. The van der Waals surface area contributed by atoms with Crippen LogP contribution in [0.4, 0.5) is 0 Å². The van der Waals surface area contributed by atoms with Crippen molar-refractivity contribution >= 4 is 28.6 Å². The number of ketones is 1. The highest BCUT2D eigenvalue weighted by Crippen LogP contribution is 2.32. The second-order valence-corrected chi connectivity index (χ2v) is 9.41. The first-order chi connectivity index (χ1) is 18.9. The van der Waals surface area contributed by atoms with E-state index >= 15 is 0 Å². The summed E-state index contributed by atoms with van der Waals surface area (Å²) in [6, 6.07) is 0. The molecule has 204 valence electrons. The van der Waals surface area contributed by atoms with Crippen LogP contribution in [-0.2, 0) is 4.79 Å². The molecule has 0 atom stereocenters. The zero-order valence-electron chi connectivity index (χ0n) is 22.7. The predicted molar refractivity (Wildman–Crippen MR) is 147 cm³/mol. The molecule has 1 fully saturated rings. The molecule has 1 amide bonds. The molecular formula is C27H33N9O3. The largest absolute Gasteiger partial charge is 0.494 e. The summed E-state index contributed by atoms with van der Waals surface area (Å²) in [5, 5.41) is 4.81. The van der Waals surface area contributed by atoms with E-state index in [0.29, 0.717) is 61.0 Å². The zero-order valence-corrected chi connectivity index (χ0v) is 22.7. The molecular weight excluding hydrogens is 498 g/mol. The van der Waals surface area contributed by atoms with Crippen LogP contribution in [0.25, 0.3) is 16.7 Å². The number of ether oxygens (including phenoxy) is 1. The van der Waals surface area contributed by atoms with Crippen LogP contribution in [0.3, 0.4) is 0 Å². The van der Waals surface area contributed by atoms with Gasteiger partial charge < -0.3 is 24.4 Å². The van der Waals surface area contributed by atoms with Crippen LogP contribution >= 0.6 is 0 Å². The highest BCUT2D eigenvalue weighted by molar-refractivity contribution is 6.45. The highest BCUT2D eigenvalue weighted by atomic mass is 16.5. The average molecular weight is 532 g/mol. The van der Waals surface area contributed by atoms with Crippen LogP contribution in [0, 0.1) is 6.92 Å². The summed E-state index contributed by atoms with van der Waals surface area (Å²) in [6.45, 7) is 6.47. The molecule has 12 heteroatoms. The molecule has 0 spiro atoms. The molecule has 4 heterocycles. The van der Waals surface area contributed by atoms with Crippen LogP contribution in [0.5, 0.6) is 5.75 Å². The smallest absolute Gasteiger partial charge is 0.295 e. The average Bonchev–Trinajstić information content (AvgIpc) is 3.62. The van der Waals surface area contributed by atoms with Gasteiger partial charge in [-0.15, -0.1) is 0 Å². The van der Waals surface area contributed by atoms with E-state index in [1.807, 2.05) is 14.0 Å². The highest BCUT2D eigenvalue weighted by Gasteiger charge is 2.31. The molecule has 0 aromatic carbocycles. The maximum absolute atomic E-state index is 13.5. The van der Waals surface area contributed by atoms with Gasteiger partial charge in [0.15, 0.2) is 5.82 Å². The minimum atomic E-state index is -0.598. The van der Waals surface area contributed by atoms with E-state index < -0.39 is 11.7 Å². The Balaban J connectivity index is 1.34. The lowest BCUT2D eigenvalue weighted by molar-refractivity contribution is -0.127. The van der Waals surface area contributed by atoms with E-state index in [4.69, 9.17) is 9.73 Å². The monoisotopic (exact) mass is 531 g/mol. The summed E-state index contributed by atoms with van der Waals surface area (Å²) in [6.07, 6.45) is 12.9. The molecule has 1 N–H and O–H groups in total. The second-order valence-electron chi connectivity index (χ2n) is 9.41. The maximum Gasteiger partial charge on any atom is 0.295 e. The third-order valence-corrected chi connectivity index (χ3v) is 7.01. The van der Waals surface area contributed by atoms with Gasteiger partial charge in [-0.2, -0.15) is 5.10 Å². The fraction of sp³-hybridized carbons (Fsp3) is 0.407. The number of pyridine rings is 1. The first-order valence-corrected chi connectivity index (χ1v) is 13.1. The van der Waals surface area contributed by atoms with Crippen molar-refractivity contribution in [3.8, 4) is 11.6 Å². The van der Waals surface area contributed by atoms with Crippen molar-refractivity contribution in [2.45, 2.75) is 26.7 Å². The molecule has 1 aliphatic carbocycles. The molecule has 2 aliphatic rings. The van der Waals surface area contributed by atoms with E-state index in [9.17, 15) is 9.59 Å². The Hall–Kier alpha value is -4.48. The number of rotatable bonds is 6. The zero-order chi connectivity index (χ0) is 27.5. The van der Waals surface area contributed by atoms with Gasteiger partial charge >= 0.3 is 0 Å². The van der Waals surface area contributed by atoms with Crippen molar-refractivity contribution < 1.29 is 14.3 Å². The van der Waals surface area contributed by atoms with Crippen LogP contribution in [-0.4, -0.2) is 104 Å². The Kier molecular flexibility index (Phi) is 7.44. The number of hydrogen-bond acceptors (Lipinski definition) is 7. The molecule has 39 heavy (non-hydrogen) atoms. The number of nitrogens with zero attached hydrogens (tertiary/aromatic N) is 8. The number of piperazine rings is 1. The van der Waals surface area contributed by atoms with Gasteiger partial charge in [-0.05, 0) is 32.8 Å². The Labute approximate surface area is 226 Å². The van der Waals surface area contributed by atoms with Crippen molar-refractivity contribution in [3.63, 3.8) is 0 Å². The number of H-pyrrole nitrogens is 1. The number of aromatic nitrogens is 5. The number of fused-ring (bicyclic) bond motifs is 1. The topological polar surface area (TPSA) is 125 Å². The van der Waals surface area contributed by atoms with E-state index in [1.54, 1.807) is 18.2 Å². The number of allylic oxidation sites excluding steroid dienone is 4. The first-order valence-electron chi connectivity index (χ1n) is 13.1. The van der Waals surface area contributed by atoms with Gasteiger partial charge in [0.05, 0.1) is 29.8 Å². The lowest BCUT2D eigenvalue weighted by atomic mass is 10.1. The molecule has 0 radical (unpaired) electrons. The number of nitrogens with one attached hydrogen (secondary N) is 1. The number of aliphatic imine (C=N–C) groups is 1. The Morgan fingerprint density at radius 2 is 1.95 bits per heavy atom. The minimum absolute atomic E-state index is 0.236. The van der Waals surface area contributed by atoms with E-state index in [-0.39, 0.29) is 5.56 Å². The Morgan fingerprint density at radius 3 is 2.59 bits per heavy atom. The Morgan fingerprint density at radius 1 is 1.18 bits per heavy atom. The van der Waals surface area contributed by atoms with Crippen LogP contribution in [0.1, 0.15) is 35.9 Å². The fourth-order valence-electron chi connectivity index (χ4n) is 4.99. The summed E-state index contributed by atoms with van der Waals surface area (Å²) in [4.78, 5) is 49.2. The predicted octanol–water partition coefficient (Wildman–Crippen LogP) is 2.33. The minimum Gasteiger partial charge on any atom is -0.494 e. The molecule has 5 rings (SSSR count). The maximum atomic E-state index is 13.5. The summed E-state index contributed by atoms with van der Waals surface area (Å²) in [7, 11) is 3.54. The van der Waals surface area contributed by atoms with Gasteiger partial charge in [0.25, 0.3) is 11.7 Å². The molecule has 1 aliphatic heterocycles. The molecule has 0 saturated carbocycles. The van der Waals surface area contributed by atoms with E-state index in [0.717, 1.165) is 18.8 Å². The number of amides is 1. The van der Waals surface area contributed by atoms with Crippen molar-refractivity contribution in [1.82, 2.24) is 39.4 Å². The summed E-state index contributed by atoms with van der Waals surface area (Å²) >= 11 is 0. The van der Waals surface area contributed by atoms with Crippen LogP contribution in [0.2, 0.25) is 0 Å². The van der Waals surface area contributed by atoms with Crippen molar-refractivity contribution in [2.75, 3.05) is 46.9 Å². The number of methoxy groups -OCH3 is 1.